The van der Waals surface area contributed by atoms with Crippen molar-refractivity contribution in [1.29, 1.82) is 0 Å². The molecule has 1 aliphatic rings. The maximum absolute atomic E-state index is 2.28. The van der Waals surface area contributed by atoms with Crippen molar-refractivity contribution in [2.24, 2.45) is 5.92 Å². The molecule has 0 amide bonds. The summed E-state index contributed by atoms with van der Waals surface area (Å²) < 4.78 is 0. The average Bonchev–Trinajstić information content (AvgIpc) is 2.63. The largest absolute Gasteiger partial charge is 0.0773 e. The molecule has 0 heteroatoms. The Labute approximate surface area is 92.3 Å². The zero-order valence-corrected chi connectivity index (χ0v) is 9.75. The van der Waals surface area contributed by atoms with Crippen LogP contribution in [0.5, 0.6) is 0 Å². The molecule has 0 saturated heterocycles. The van der Waals surface area contributed by atoms with Crippen LogP contribution in [0.4, 0.5) is 0 Å². The van der Waals surface area contributed by atoms with E-state index in [0.29, 0.717) is 5.92 Å². The summed E-state index contributed by atoms with van der Waals surface area (Å²) in [6.45, 7) is 6.61. The van der Waals surface area contributed by atoms with Crippen LogP contribution in [0, 0.1) is 26.7 Å². The van der Waals surface area contributed by atoms with Gasteiger partial charge in [0, 0.05) is 0 Å². The standard InChI is InChI=1S/C15H18/c1-11-8-12(2)15(13(3)9-11)10-14-6-4-5-7-14/h4-9,14H,10H2,1-3H3. The van der Waals surface area contributed by atoms with Gasteiger partial charge in [0.15, 0.2) is 0 Å². The Bertz CT molecular complexity index is 387. The molecule has 1 aromatic carbocycles. The third kappa shape index (κ3) is 2.20. The summed E-state index contributed by atoms with van der Waals surface area (Å²) in [7, 11) is 0. The molecule has 0 N–H and O–H groups in total. The third-order valence-corrected chi connectivity index (χ3v) is 3.11. The lowest BCUT2D eigenvalue weighted by atomic mass is 9.92. The molecule has 0 atom stereocenters. The summed E-state index contributed by atoms with van der Waals surface area (Å²) in [5.74, 6) is 0.602. The van der Waals surface area contributed by atoms with E-state index < -0.39 is 0 Å². The van der Waals surface area contributed by atoms with Gasteiger partial charge in [0.25, 0.3) is 0 Å². The van der Waals surface area contributed by atoms with Crippen LogP contribution >= 0.6 is 0 Å². The number of hydrogen-bond donors (Lipinski definition) is 0. The van der Waals surface area contributed by atoms with Gasteiger partial charge in [-0.2, -0.15) is 0 Å². The molecule has 0 aliphatic heterocycles. The summed E-state index contributed by atoms with van der Waals surface area (Å²) in [5, 5.41) is 0. The quantitative estimate of drug-likeness (QED) is 0.676. The van der Waals surface area contributed by atoms with E-state index in [4.69, 9.17) is 0 Å². The first kappa shape index (κ1) is 10.2. The fourth-order valence-electron chi connectivity index (χ4n) is 2.38. The lowest BCUT2D eigenvalue weighted by Gasteiger charge is -2.13. The Morgan fingerprint density at radius 1 is 0.933 bits per heavy atom. The number of allylic oxidation sites excluding steroid dienone is 4. The van der Waals surface area contributed by atoms with E-state index in [1.807, 2.05) is 0 Å². The maximum atomic E-state index is 2.28. The molecule has 15 heavy (non-hydrogen) atoms. The first-order valence-electron chi connectivity index (χ1n) is 5.58. The fraction of sp³-hybridized carbons (Fsp3) is 0.333. The predicted octanol–water partition coefficient (Wildman–Crippen LogP) is 3.90. The molecule has 0 fully saturated rings. The van der Waals surface area contributed by atoms with Crippen LogP contribution in [0.2, 0.25) is 0 Å². The predicted molar refractivity (Wildman–Crippen MR) is 66.1 cm³/mol. The molecule has 0 spiro atoms. The Kier molecular flexibility index (Phi) is 2.77. The molecular formula is C15H18. The van der Waals surface area contributed by atoms with Crippen molar-refractivity contribution in [3.8, 4) is 0 Å². The van der Waals surface area contributed by atoms with Crippen LogP contribution in [0.25, 0.3) is 0 Å². The molecule has 1 aromatic rings. The summed E-state index contributed by atoms with van der Waals surface area (Å²) in [6.07, 6.45) is 9.98. The van der Waals surface area contributed by atoms with Gasteiger partial charge in [-0.3, -0.25) is 0 Å². The summed E-state index contributed by atoms with van der Waals surface area (Å²) >= 11 is 0. The molecule has 0 nitrogen and oxygen atoms in total. The van der Waals surface area contributed by atoms with Crippen molar-refractivity contribution >= 4 is 0 Å². The first-order valence-corrected chi connectivity index (χ1v) is 5.58. The lowest BCUT2D eigenvalue weighted by Crippen LogP contribution is -2.01. The Balaban J connectivity index is 2.27. The highest BCUT2D eigenvalue weighted by Gasteiger charge is 2.09. The van der Waals surface area contributed by atoms with E-state index in [2.05, 4.69) is 57.2 Å². The smallest absolute Gasteiger partial charge is 0.000663 e. The van der Waals surface area contributed by atoms with Gasteiger partial charge in [0.05, 0.1) is 0 Å². The molecule has 0 unspecified atom stereocenters. The Hall–Kier alpha value is -1.30. The van der Waals surface area contributed by atoms with Crippen molar-refractivity contribution in [2.45, 2.75) is 27.2 Å². The van der Waals surface area contributed by atoms with Crippen LogP contribution in [-0.2, 0) is 6.42 Å². The molecule has 0 bridgehead atoms. The molecule has 2 rings (SSSR count). The third-order valence-electron chi connectivity index (χ3n) is 3.11. The highest BCUT2D eigenvalue weighted by atomic mass is 14.1. The minimum absolute atomic E-state index is 0.602. The van der Waals surface area contributed by atoms with Gasteiger partial charge in [-0.1, -0.05) is 42.0 Å². The number of hydrogen-bond acceptors (Lipinski definition) is 0. The van der Waals surface area contributed by atoms with Crippen LogP contribution < -0.4 is 0 Å². The monoisotopic (exact) mass is 198 g/mol. The van der Waals surface area contributed by atoms with Crippen LogP contribution in [0.3, 0.4) is 0 Å². The molecular weight excluding hydrogens is 180 g/mol. The molecule has 78 valence electrons. The summed E-state index contributed by atoms with van der Waals surface area (Å²) in [4.78, 5) is 0. The Morgan fingerprint density at radius 3 is 2.00 bits per heavy atom. The normalized spacial score (nSPS) is 15.1. The van der Waals surface area contributed by atoms with Gasteiger partial charge in [0.2, 0.25) is 0 Å². The number of aryl methyl sites for hydroxylation is 3. The number of rotatable bonds is 2. The van der Waals surface area contributed by atoms with Crippen LogP contribution in [0.15, 0.2) is 36.4 Å². The van der Waals surface area contributed by atoms with E-state index in [9.17, 15) is 0 Å². The van der Waals surface area contributed by atoms with Gasteiger partial charge >= 0.3 is 0 Å². The summed E-state index contributed by atoms with van der Waals surface area (Å²) in [5.41, 5.74) is 5.75. The van der Waals surface area contributed by atoms with Crippen molar-refractivity contribution in [3.05, 3.63) is 58.7 Å². The molecule has 0 aromatic heterocycles. The van der Waals surface area contributed by atoms with Crippen molar-refractivity contribution < 1.29 is 0 Å². The fourth-order valence-corrected chi connectivity index (χ4v) is 2.38. The second kappa shape index (κ2) is 4.06. The van der Waals surface area contributed by atoms with Gasteiger partial charge < -0.3 is 0 Å². The van der Waals surface area contributed by atoms with Gasteiger partial charge in [-0.05, 0) is 49.8 Å². The average molecular weight is 198 g/mol. The topological polar surface area (TPSA) is 0 Å². The van der Waals surface area contributed by atoms with Crippen molar-refractivity contribution in [3.63, 3.8) is 0 Å². The van der Waals surface area contributed by atoms with Gasteiger partial charge in [0.1, 0.15) is 0 Å². The second-order valence-electron chi connectivity index (χ2n) is 4.52. The van der Waals surface area contributed by atoms with E-state index in [-0.39, 0.29) is 0 Å². The van der Waals surface area contributed by atoms with Crippen molar-refractivity contribution in [2.75, 3.05) is 0 Å². The number of benzene rings is 1. The van der Waals surface area contributed by atoms with Crippen LogP contribution in [-0.4, -0.2) is 0 Å². The molecule has 0 saturated carbocycles. The van der Waals surface area contributed by atoms with Crippen LogP contribution in [0.1, 0.15) is 22.3 Å². The minimum Gasteiger partial charge on any atom is -0.0773 e. The lowest BCUT2D eigenvalue weighted by molar-refractivity contribution is 0.804. The minimum atomic E-state index is 0.602. The van der Waals surface area contributed by atoms with E-state index in [1.165, 1.54) is 22.3 Å². The molecule has 1 aliphatic carbocycles. The SMILES string of the molecule is Cc1cc(C)c(CC2C=CC=C2)c(C)c1. The highest BCUT2D eigenvalue weighted by Crippen LogP contribution is 2.22. The van der Waals surface area contributed by atoms with E-state index >= 15 is 0 Å². The van der Waals surface area contributed by atoms with Gasteiger partial charge in [-0.15, -0.1) is 0 Å². The summed E-state index contributed by atoms with van der Waals surface area (Å²) in [6, 6.07) is 4.56. The zero-order valence-electron chi connectivity index (χ0n) is 9.75. The van der Waals surface area contributed by atoms with E-state index in [1.54, 1.807) is 0 Å². The maximum Gasteiger partial charge on any atom is -0.000663 e. The highest BCUT2D eigenvalue weighted by molar-refractivity contribution is 5.39. The Morgan fingerprint density at radius 2 is 1.47 bits per heavy atom. The molecule has 0 radical (unpaired) electrons. The van der Waals surface area contributed by atoms with Gasteiger partial charge in [-0.25, -0.2) is 0 Å². The van der Waals surface area contributed by atoms with E-state index in [0.717, 1.165) is 6.42 Å². The molecule has 0 heterocycles. The second-order valence-corrected chi connectivity index (χ2v) is 4.52. The first-order chi connectivity index (χ1) is 7.16. The zero-order chi connectivity index (χ0) is 10.8. The van der Waals surface area contributed by atoms with Crippen molar-refractivity contribution in [1.82, 2.24) is 0 Å².